The summed E-state index contributed by atoms with van der Waals surface area (Å²) in [6.07, 6.45) is 0. The highest BCUT2D eigenvalue weighted by Gasteiger charge is 2.09. The molecule has 0 saturated carbocycles. The molecule has 0 spiro atoms. The Morgan fingerprint density at radius 2 is 2.11 bits per heavy atom. The molecule has 1 aromatic heterocycles. The molecule has 2 rings (SSSR count). The van der Waals surface area contributed by atoms with Crippen molar-refractivity contribution >= 4 is 16.9 Å². The molecule has 0 atom stereocenters. The van der Waals surface area contributed by atoms with Gasteiger partial charge in [0, 0.05) is 17.0 Å². The summed E-state index contributed by atoms with van der Waals surface area (Å²) in [7, 11) is 0. The number of carbonyl (C=O) groups is 1. The van der Waals surface area contributed by atoms with Crippen molar-refractivity contribution in [3.63, 3.8) is 0 Å². The van der Waals surface area contributed by atoms with Gasteiger partial charge in [0.25, 0.3) is 0 Å². The van der Waals surface area contributed by atoms with Gasteiger partial charge in [-0.05, 0) is 31.5 Å². The van der Waals surface area contributed by atoms with E-state index in [1.165, 1.54) is 6.07 Å². The molecule has 0 N–H and O–H groups in total. The number of rotatable bonds is 3. The van der Waals surface area contributed by atoms with Crippen LogP contribution in [0.15, 0.2) is 27.4 Å². The SMILES string of the molecule is Cc1cc(=O)oc2c(C)c(OCC(=O)[O-])ccc12. The van der Waals surface area contributed by atoms with E-state index in [9.17, 15) is 14.7 Å². The molecule has 94 valence electrons. The van der Waals surface area contributed by atoms with Gasteiger partial charge in [0.2, 0.25) is 0 Å². The molecule has 0 aliphatic rings. The van der Waals surface area contributed by atoms with E-state index in [1.807, 2.05) is 0 Å². The summed E-state index contributed by atoms with van der Waals surface area (Å²) in [6, 6.07) is 4.78. The predicted molar refractivity (Wildman–Crippen MR) is 62.5 cm³/mol. The Morgan fingerprint density at radius 3 is 2.78 bits per heavy atom. The zero-order valence-electron chi connectivity index (χ0n) is 9.98. The third-order valence-corrected chi connectivity index (χ3v) is 2.66. The number of carbonyl (C=O) groups excluding carboxylic acids is 1. The topological polar surface area (TPSA) is 79.6 Å². The van der Waals surface area contributed by atoms with Gasteiger partial charge in [0.05, 0.1) is 5.97 Å². The number of fused-ring (bicyclic) bond motifs is 1. The Balaban J connectivity index is 2.56. The Morgan fingerprint density at radius 1 is 1.39 bits per heavy atom. The van der Waals surface area contributed by atoms with Crippen LogP contribution in [-0.2, 0) is 4.79 Å². The number of aryl methyl sites for hydroxylation is 2. The highest BCUT2D eigenvalue weighted by atomic mass is 16.5. The van der Waals surface area contributed by atoms with Gasteiger partial charge in [0.15, 0.2) is 0 Å². The Hall–Kier alpha value is -2.30. The van der Waals surface area contributed by atoms with Crippen LogP contribution in [0.4, 0.5) is 0 Å². The van der Waals surface area contributed by atoms with Gasteiger partial charge in [0.1, 0.15) is 17.9 Å². The van der Waals surface area contributed by atoms with Crippen molar-refractivity contribution in [2.24, 2.45) is 0 Å². The van der Waals surface area contributed by atoms with Gasteiger partial charge in [-0.3, -0.25) is 0 Å². The molecule has 1 heterocycles. The molecule has 18 heavy (non-hydrogen) atoms. The number of ether oxygens (including phenoxy) is 1. The number of benzene rings is 1. The van der Waals surface area contributed by atoms with E-state index in [0.717, 1.165) is 10.9 Å². The van der Waals surface area contributed by atoms with Gasteiger partial charge < -0.3 is 19.1 Å². The molecule has 2 aromatic rings. The molecule has 0 amide bonds. The van der Waals surface area contributed by atoms with Crippen LogP contribution in [0.25, 0.3) is 11.0 Å². The maximum Gasteiger partial charge on any atom is 0.336 e. The van der Waals surface area contributed by atoms with Crippen LogP contribution in [0, 0.1) is 13.8 Å². The van der Waals surface area contributed by atoms with E-state index in [4.69, 9.17) is 9.15 Å². The van der Waals surface area contributed by atoms with Crippen molar-refractivity contribution in [1.82, 2.24) is 0 Å². The third kappa shape index (κ3) is 2.20. The van der Waals surface area contributed by atoms with Crippen molar-refractivity contribution in [3.05, 3.63) is 39.7 Å². The molecule has 0 fully saturated rings. The van der Waals surface area contributed by atoms with Crippen LogP contribution in [0.1, 0.15) is 11.1 Å². The lowest BCUT2D eigenvalue weighted by atomic mass is 10.1. The zero-order valence-corrected chi connectivity index (χ0v) is 9.98. The van der Waals surface area contributed by atoms with Crippen LogP contribution in [-0.4, -0.2) is 12.6 Å². The van der Waals surface area contributed by atoms with Gasteiger partial charge in [-0.1, -0.05) is 0 Å². The summed E-state index contributed by atoms with van der Waals surface area (Å²) in [4.78, 5) is 21.7. The highest BCUT2D eigenvalue weighted by Crippen LogP contribution is 2.27. The summed E-state index contributed by atoms with van der Waals surface area (Å²) >= 11 is 0. The first-order valence-corrected chi connectivity index (χ1v) is 5.36. The van der Waals surface area contributed by atoms with Crippen LogP contribution in [0.3, 0.4) is 0 Å². The monoisotopic (exact) mass is 247 g/mol. The van der Waals surface area contributed by atoms with E-state index in [0.29, 0.717) is 16.9 Å². The lowest BCUT2D eigenvalue weighted by molar-refractivity contribution is -0.307. The fourth-order valence-electron chi connectivity index (χ4n) is 1.79. The first-order chi connectivity index (χ1) is 8.49. The second-order valence-corrected chi connectivity index (χ2v) is 3.97. The van der Waals surface area contributed by atoms with Crippen molar-refractivity contribution < 1.29 is 19.1 Å². The van der Waals surface area contributed by atoms with E-state index in [2.05, 4.69) is 0 Å². The van der Waals surface area contributed by atoms with E-state index >= 15 is 0 Å². The second kappa shape index (κ2) is 4.52. The maximum atomic E-state index is 11.3. The number of hydrogen-bond acceptors (Lipinski definition) is 5. The Labute approximate surface area is 103 Å². The fourth-order valence-corrected chi connectivity index (χ4v) is 1.79. The summed E-state index contributed by atoms with van der Waals surface area (Å²) in [6.45, 7) is 2.97. The first kappa shape index (κ1) is 12.2. The van der Waals surface area contributed by atoms with Gasteiger partial charge in [-0.15, -0.1) is 0 Å². The molecule has 5 heteroatoms. The van der Waals surface area contributed by atoms with Crippen molar-refractivity contribution in [2.75, 3.05) is 6.61 Å². The molecular formula is C13H11O5-. The summed E-state index contributed by atoms with van der Waals surface area (Å²) in [5.41, 5.74) is 1.36. The number of carboxylic acids is 1. The largest absolute Gasteiger partial charge is 0.546 e. The van der Waals surface area contributed by atoms with Gasteiger partial charge in [-0.25, -0.2) is 4.79 Å². The first-order valence-electron chi connectivity index (χ1n) is 5.36. The Kier molecular flexibility index (Phi) is 3.06. The van der Waals surface area contributed by atoms with Crippen molar-refractivity contribution in [2.45, 2.75) is 13.8 Å². The molecule has 0 radical (unpaired) electrons. The number of carboxylic acid groups (broad SMARTS) is 1. The normalized spacial score (nSPS) is 10.6. The molecule has 5 nitrogen and oxygen atoms in total. The minimum atomic E-state index is -1.31. The predicted octanol–water partition coefficient (Wildman–Crippen LogP) is 0.539. The lowest BCUT2D eigenvalue weighted by Gasteiger charge is -2.11. The zero-order chi connectivity index (χ0) is 13.3. The molecule has 1 aromatic carbocycles. The maximum absolute atomic E-state index is 11.3. The van der Waals surface area contributed by atoms with E-state index in [1.54, 1.807) is 26.0 Å². The summed E-state index contributed by atoms with van der Waals surface area (Å²) in [5.74, 6) is -0.944. The quantitative estimate of drug-likeness (QED) is 0.739. The highest BCUT2D eigenvalue weighted by molar-refractivity contribution is 5.84. The molecular weight excluding hydrogens is 236 g/mol. The minimum Gasteiger partial charge on any atom is -0.546 e. The van der Waals surface area contributed by atoms with Crippen molar-refractivity contribution in [3.8, 4) is 5.75 Å². The lowest BCUT2D eigenvalue weighted by Crippen LogP contribution is -2.29. The smallest absolute Gasteiger partial charge is 0.336 e. The van der Waals surface area contributed by atoms with Gasteiger partial charge in [-0.2, -0.15) is 0 Å². The van der Waals surface area contributed by atoms with Gasteiger partial charge >= 0.3 is 5.63 Å². The third-order valence-electron chi connectivity index (χ3n) is 2.66. The van der Waals surface area contributed by atoms with E-state index < -0.39 is 18.2 Å². The average molecular weight is 247 g/mol. The second-order valence-electron chi connectivity index (χ2n) is 3.97. The van der Waals surface area contributed by atoms with Crippen LogP contribution in [0.5, 0.6) is 5.75 Å². The summed E-state index contributed by atoms with van der Waals surface area (Å²) < 4.78 is 10.2. The number of hydrogen-bond donors (Lipinski definition) is 0. The minimum absolute atomic E-state index is 0.362. The van der Waals surface area contributed by atoms with Crippen molar-refractivity contribution in [1.29, 1.82) is 0 Å². The average Bonchev–Trinajstić information content (AvgIpc) is 2.29. The number of aliphatic carboxylic acids is 1. The molecule has 0 aliphatic carbocycles. The van der Waals surface area contributed by atoms with E-state index in [-0.39, 0.29) is 0 Å². The van der Waals surface area contributed by atoms with Crippen LogP contribution >= 0.6 is 0 Å². The molecule has 0 unspecified atom stereocenters. The molecule has 0 aliphatic heterocycles. The fraction of sp³-hybridized carbons (Fsp3) is 0.231. The van der Waals surface area contributed by atoms with Crippen LogP contribution < -0.4 is 15.5 Å². The standard InChI is InChI=1S/C13H12O5/c1-7-5-12(16)18-13-8(2)10(4-3-9(7)13)17-6-11(14)15/h3-5H,6H2,1-2H3,(H,14,15)/p-1. The van der Waals surface area contributed by atoms with Crippen LogP contribution in [0.2, 0.25) is 0 Å². The Bertz CT molecular complexity index is 669. The molecule has 0 saturated heterocycles. The summed E-state index contributed by atoms with van der Waals surface area (Å²) in [5, 5.41) is 11.1. The molecule has 0 bridgehead atoms.